The average molecular weight is 545 g/mol. The SMILES string of the molecule is CC(C)c1cccc(C(C)C)c1-n1c(-c2cccc3c2oc2cc4c(ccc5ccccc54)cc23)nc2ccccc21. The Hall–Kier alpha value is -4.89. The summed E-state index contributed by atoms with van der Waals surface area (Å²) in [7, 11) is 0. The molecule has 0 aliphatic rings. The van der Waals surface area contributed by atoms with Gasteiger partial charge in [-0.2, -0.15) is 0 Å². The summed E-state index contributed by atoms with van der Waals surface area (Å²) in [4.78, 5) is 5.28. The van der Waals surface area contributed by atoms with Crippen molar-refractivity contribution in [2.45, 2.75) is 39.5 Å². The van der Waals surface area contributed by atoms with Gasteiger partial charge >= 0.3 is 0 Å². The number of rotatable bonds is 4. The molecule has 204 valence electrons. The molecule has 0 saturated carbocycles. The van der Waals surface area contributed by atoms with Crippen LogP contribution in [0.2, 0.25) is 0 Å². The molecule has 0 unspecified atom stereocenters. The second kappa shape index (κ2) is 9.32. The quantitative estimate of drug-likeness (QED) is 0.206. The van der Waals surface area contributed by atoms with Crippen molar-refractivity contribution >= 4 is 54.5 Å². The van der Waals surface area contributed by atoms with Crippen molar-refractivity contribution in [3.8, 4) is 17.1 Å². The van der Waals surface area contributed by atoms with Gasteiger partial charge in [0.05, 0.1) is 22.3 Å². The van der Waals surface area contributed by atoms with Gasteiger partial charge in [-0.3, -0.25) is 4.57 Å². The van der Waals surface area contributed by atoms with E-state index in [0.717, 1.165) is 44.4 Å². The van der Waals surface area contributed by atoms with E-state index in [1.54, 1.807) is 0 Å². The summed E-state index contributed by atoms with van der Waals surface area (Å²) in [6.45, 7) is 9.10. The zero-order chi connectivity index (χ0) is 28.5. The molecule has 8 rings (SSSR count). The van der Waals surface area contributed by atoms with Crippen LogP contribution in [-0.4, -0.2) is 9.55 Å². The number of benzene rings is 6. The second-order valence-electron chi connectivity index (χ2n) is 12.0. The summed E-state index contributed by atoms with van der Waals surface area (Å²) in [6, 6.07) is 39.1. The lowest BCUT2D eigenvalue weighted by Crippen LogP contribution is -2.08. The summed E-state index contributed by atoms with van der Waals surface area (Å²) in [5, 5.41) is 7.14. The minimum atomic E-state index is 0.358. The van der Waals surface area contributed by atoms with Crippen molar-refractivity contribution in [2.24, 2.45) is 0 Å². The van der Waals surface area contributed by atoms with Crippen LogP contribution >= 0.6 is 0 Å². The fourth-order valence-electron chi connectivity index (χ4n) is 6.68. The highest BCUT2D eigenvalue weighted by molar-refractivity contribution is 6.17. The highest BCUT2D eigenvalue weighted by Gasteiger charge is 2.24. The number of hydrogen-bond acceptors (Lipinski definition) is 2. The van der Waals surface area contributed by atoms with E-state index in [-0.39, 0.29) is 0 Å². The summed E-state index contributed by atoms with van der Waals surface area (Å²) in [5.74, 6) is 1.62. The predicted octanol–water partition coefficient (Wildman–Crippen LogP) is 11.1. The molecule has 6 aromatic carbocycles. The summed E-state index contributed by atoms with van der Waals surface area (Å²) in [5.41, 5.74) is 8.73. The molecule has 0 spiro atoms. The maximum atomic E-state index is 6.78. The van der Waals surface area contributed by atoms with Crippen LogP contribution in [0.4, 0.5) is 0 Å². The third kappa shape index (κ3) is 3.63. The highest BCUT2D eigenvalue weighted by atomic mass is 16.3. The first-order chi connectivity index (χ1) is 20.5. The number of para-hydroxylation sites is 4. The Morgan fingerprint density at radius 3 is 2.10 bits per heavy atom. The zero-order valence-electron chi connectivity index (χ0n) is 24.3. The topological polar surface area (TPSA) is 31.0 Å². The second-order valence-corrected chi connectivity index (χ2v) is 12.0. The lowest BCUT2D eigenvalue weighted by molar-refractivity contribution is 0.670. The molecular formula is C39H32N2O. The first kappa shape index (κ1) is 24.9. The molecular weight excluding hydrogens is 512 g/mol. The standard InChI is InChI=1S/C39H32N2O/c1-23(2)27-13-9-14-28(24(3)4)37(27)41-35-18-8-7-17-34(35)40-39(41)31-16-10-15-30-33-21-26-20-19-25-11-5-6-12-29(25)32(26)22-36(33)42-38(30)31/h5-24H,1-4H3. The van der Waals surface area contributed by atoms with Crippen LogP contribution in [0.5, 0.6) is 0 Å². The zero-order valence-corrected chi connectivity index (χ0v) is 24.3. The average Bonchev–Trinajstić information content (AvgIpc) is 3.57. The van der Waals surface area contributed by atoms with E-state index in [9.17, 15) is 0 Å². The van der Waals surface area contributed by atoms with Crippen molar-refractivity contribution in [3.63, 3.8) is 0 Å². The molecule has 0 aliphatic carbocycles. The summed E-state index contributed by atoms with van der Waals surface area (Å²) in [6.07, 6.45) is 0. The van der Waals surface area contributed by atoms with Crippen LogP contribution in [0.15, 0.2) is 114 Å². The minimum Gasteiger partial charge on any atom is -0.455 e. The molecule has 3 heteroatoms. The van der Waals surface area contributed by atoms with Gasteiger partial charge in [0.1, 0.15) is 17.0 Å². The molecule has 0 bridgehead atoms. The first-order valence-electron chi connectivity index (χ1n) is 14.9. The maximum Gasteiger partial charge on any atom is 0.149 e. The normalized spacial score (nSPS) is 12.2. The van der Waals surface area contributed by atoms with Crippen LogP contribution in [0, 0.1) is 0 Å². The van der Waals surface area contributed by atoms with Crippen LogP contribution in [0.3, 0.4) is 0 Å². The molecule has 42 heavy (non-hydrogen) atoms. The third-order valence-corrected chi connectivity index (χ3v) is 8.73. The number of aromatic nitrogens is 2. The van der Waals surface area contributed by atoms with Crippen molar-refractivity contribution in [3.05, 3.63) is 120 Å². The van der Waals surface area contributed by atoms with Gasteiger partial charge < -0.3 is 4.42 Å². The molecule has 0 N–H and O–H groups in total. The number of imidazole rings is 1. The van der Waals surface area contributed by atoms with Crippen molar-refractivity contribution in [1.82, 2.24) is 9.55 Å². The molecule has 0 fully saturated rings. The lowest BCUT2D eigenvalue weighted by Gasteiger charge is -2.22. The number of nitrogens with zero attached hydrogens (tertiary/aromatic N) is 2. The molecule has 0 radical (unpaired) electrons. The van der Waals surface area contributed by atoms with Gasteiger partial charge in [0.2, 0.25) is 0 Å². The van der Waals surface area contributed by atoms with Gasteiger partial charge in [-0.1, -0.05) is 107 Å². The van der Waals surface area contributed by atoms with Crippen molar-refractivity contribution < 1.29 is 4.42 Å². The lowest BCUT2D eigenvalue weighted by atomic mass is 9.92. The maximum absolute atomic E-state index is 6.78. The smallest absolute Gasteiger partial charge is 0.149 e. The monoisotopic (exact) mass is 544 g/mol. The molecule has 3 nitrogen and oxygen atoms in total. The highest BCUT2D eigenvalue weighted by Crippen LogP contribution is 2.42. The Morgan fingerprint density at radius 2 is 1.29 bits per heavy atom. The van der Waals surface area contributed by atoms with Gasteiger partial charge in [-0.05, 0) is 74.8 Å². The minimum absolute atomic E-state index is 0.358. The van der Waals surface area contributed by atoms with E-state index < -0.39 is 0 Å². The molecule has 0 saturated heterocycles. The predicted molar refractivity (Wildman–Crippen MR) is 177 cm³/mol. The molecule has 8 aromatic rings. The number of furan rings is 1. The number of fused-ring (bicyclic) bond motifs is 7. The van der Waals surface area contributed by atoms with Crippen LogP contribution in [0.1, 0.15) is 50.7 Å². The fourth-order valence-corrected chi connectivity index (χ4v) is 6.68. The van der Waals surface area contributed by atoms with E-state index in [1.807, 2.05) is 0 Å². The Kier molecular flexibility index (Phi) is 5.52. The van der Waals surface area contributed by atoms with E-state index in [4.69, 9.17) is 9.40 Å². The largest absolute Gasteiger partial charge is 0.455 e. The van der Waals surface area contributed by atoms with Crippen LogP contribution < -0.4 is 0 Å². The van der Waals surface area contributed by atoms with Gasteiger partial charge in [-0.25, -0.2) is 4.98 Å². The van der Waals surface area contributed by atoms with Gasteiger partial charge in [-0.15, -0.1) is 0 Å². The summed E-state index contributed by atoms with van der Waals surface area (Å²) < 4.78 is 9.16. The van der Waals surface area contributed by atoms with E-state index in [0.29, 0.717) is 11.8 Å². The Labute approximate surface area is 245 Å². The number of hydrogen-bond donors (Lipinski definition) is 0. The van der Waals surface area contributed by atoms with Crippen molar-refractivity contribution in [1.29, 1.82) is 0 Å². The van der Waals surface area contributed by atoms with Crippen LogP contribution in [-0.2, 0) is 0 Å². The molecule has 2 aromatic heterocycles. The molecule has 0 atom stereocenters. The van der Waals surface area contributed by atoms with E-state index >= 15 is 0 Å². The Bertz CT molecular complexity index is 2290. The van der Waals surface area contributed by atoms with Gasteiger partial charge in [0, 0.05) is 10.8 Å². The van der Waals surface area contributed by atoms with Crippen molar-refractivity contribution in [2.75, 3.05) is 0 Å². The van der Waals surface area contributed by atoms with Gasteiger partial charge in [0.15, 0.2) is 0 Å². The van der Waals surface area contributed by atoms with Crippen LogP contribution in [0.25, 0.3) is 71.6 Å². The summed E-state index contributed by atoms with van der Waals surface area (Å²) >= 11 is 0. The molecule has 2 heterocycles. The third-order valence-electron chi connectivity index (χ3n) is 8.73. The first-order valence-corrected chi connectivity index (χ1v) is 14.9. The Morgan fingerprint density at radius 1 is 0.595 bits per heavy atom. The fraction of sp³-hybridized carbons (Fsp3) is 0.154. The van der Waals surface area contributed by atoms with Gasteiger partial charge in [0.25, 0.3) is 0 Å². The molecule has 0 amide bonds. The van der Waals surface area contributed by atoms with E-state index in [2.05, 4.69) is 141 Å². The van der Waals surface area contributed by atoms with E-state index in [1.165, 1.54) is 38.4 Å². The Balaban J connectivity index is 1.47. The molecule has 0 aliphatic heterocycles.